The molecule has 0 spiro atoms. The van der Waals surface area contributed by atoms with E-state index in [1.54, 1.807) is 16.6 Å². The predicted molar refractivity (Wildman–Crippen MR) is 93.9 cm³/mol. The Morgan fingerprint density at radius 3 is 2.74 bits per heavy atom. The van der Waals surface area contributed by atoms with E-state index in [1.807, 2.05) is 56.3 Å². The van der Waals surface area contributed by atoms with Crippen molar-refractivity contribution in [3.63, 3.8) is 0 Å². The molecule has 0 saturated heterocycles. The first-order valence-corrected chi connectivity index (χ1v) is 8.31. The van der Waals surface area contributed by atoms with E-state index < -0.39 is 0 Å². The minimum atomic E-state index is -0.0220. The van der Waals surface area contributed by atoms with Crippen LogP contribution in [-0.4, -0.2) is 22.4 Å². The third kappa shape index (κ3) is 3.29. The first-order chi connectivity index (χ1) is 11.2. The van der Waals surface area contributed by atoms with Crippen molar-refractivity contribution in [2.24, 2.45) is 0 Å². The smallest absolute Gasteiger partial charge is 0.258 e. The molecule has 3 aromatic rings. The van der Waals surface area contributed by atoms with Crippen LogP contribution in [0.4, 0.5) is 5.00 Å². The maximum absolute atomic E-state index is 12.8. The van der Waals surface area contributed by atoms with Crippen LogP contribution in [0.2, 0.25) is 0 Å². The molecule has 0 aliphatic heterocycles. The van der Waals surface area contributed by atoms with Gasteiger partial charge in [0.15, 0.2) is 0 Å². The first kappa shape index (κ1) is 15.4. The number of amides is 1. The molecule has 0 unspecified atom stereocenters. The van der Waals surface area contributed by atoms with E-state index in [0.717, 1.165) is 22.0 Å². The zero-order valence-electron chi connectivity index (χ0n) is 13.1. The molecule has 5 heteroatoms. The summed E-state index contributed by atoms with van der Waals surface area (Å²) >= 11 is 1.46. The topological polar surface area (TPSA) is 46.1 Å². The highest BCUT2D eigenvalue weighted by molar-refractivity contribution is 7.14. The van der Waals surface area contributed by atoms with Crippen molar-refractivity contribution in [3.05, 3.63) is 65.4 Å². The zero-order chi connectivity index (χ0) is 16.2. The molecule has 0 aliphatic carbocycles. The maximum atomic E-state index is 12.8. The molecular weight excluding hydrogens is 306 g/mol. The molecule has 0 radical (unpaired) electrons. The van der Waals surface area contributed by atoms with Crippen LogP contribution in [0.5, 0.6) is 0 Å². The van der Waals surface area contributed by atoms with Gasteiger partial charge in [-0.1, -0.05) is 18.2 Å². The van der Waals surface area contributed by atoms with E-state index >= 15 is 0 Å². The number of anilines is 1. The largest absolute Gasteiger partial charge is 0.299 e. The van der Waals surface area contributed by atoms with Gasteiger partial charge in [-0.15, -0.1) is 11.3 Å². The van der Waals surface area contributed by atoms with Gasteiger partial charge in [-0.05, 0) is 38.1 Å². The Labute approximate surface area is 139 Å². The summed E-state index contributed by atoms with van der Waals surface area (Å²) in [6.45, 7) is 4.53. The van der Waals surface area contributed by atoms with Gasteiger partial charge in [0.25, 0.3) is 5.91 Å². The minimum Gasteiger partial charge on any atom is -0.299 e. The second kappa shape index (κ2) is 6.71. The number of nitrogens with zero attached hydrogens (tertiary/aromatic N) is 3. The first-order valence-electron chi connectivity index (χ1n) is 7.43. The van der Waals surface area contributed by atoms with Crippen molar-refractivity contribution >= 4 is 22.2 Å². The lowest BCUT2D eigenvalue weighted by Gasteiger charge is -2.18. The molecule has 2 aromatic heterocycles. The van der Waals surface area contributed by atoms with Crippen molar-refractivity contribution in [1.82, 2.24) is 9.97 Å². The summed E-state index contributed by atoms with van der Waals surface area (Å²) in [5.41, 5.74) is 5.17. The molecule has 0 atom stereocenters. The van der Waals surface area contributed by atoms with E-state index in [9.17, 15) is 4.79 Å². The fourth-order valence-electron chi connectivity index (χ4n) is 2.41. The molecule has 116 valence electrons. The van der Waals surface area contributed by atoms with E-state index in [4.69, 9.17) is 0 Å². The molecule has 4 nitrogen and oxygen atoms in total. The Morgan fingerprint density at radius 2 is 2.04 bits per heavy atom. The summed E-state index contributed by atoms with van der Waals surface area (Å²) < 4.78 is 0. The third-order valence-corrected chi connectivity index (χ3v) is 4.33. The van der Waals surface area contributed by atoms with E-state index in [2.05, 4.69) is 9.97 Å². The Hall–Kier alpha value is -2.53. The molecule has 0 bridgehead atoms. The minimum absolute atomic E-state index is 0.0220. The molecular formula is C18H17N3OS. The van der Waals surface area contributed by atoms with Crippen LogP contribution in [-0.2, 0) is 0 Å². The molecule has 2 heterocycles. The molecule has 0 saturated carbocycles. The van der Waals surface area contributed by atoms with Gasteiger partial charge in [0.2, 0.25) is 0 Å². The number of pyridine rings is 1. The van der Waals surface area contributed by atoms with Crippen molar-refractivity contribution in [1.29, 1.82) is 0 Å². The van der Waals surface area contributed by atoms with Crippen LogP contribution >= 0.6 is 11.3 Å². The van der Waals surface area contributed by atoms with Gasteiger partial charge in [-0.3, -0.25) is 19.7 Å². The SMILES string of the molecule is CCN(C(=O)c1cccc(-c2cccc(C)n2)c1)c1cncs1. The Kier molecular flexibility index (Phi) is 4.48. The lowest BCUT2D eigenvalue weighted by molar-refractivity contribution is 0.0989. The van der Waals surface area contributed by atoms with Gasteiger partial charge in [-0.25, -0.2) is 0 Å². The number of carbonyl (C=O) groups excluding carboxylic acids is 1. The number of aromatic nitrogens is 2. The van der Waals surface area contributed by atoms with Crippen LogP contribution in [0.3, 0.4) is 0 Å². The maximum Gasteiger partial charge on any atom is 0.258 e. The van der Waals surface area contributed by atoms with Crippen LogP contribution < -0.4 is 4.90 Å². The highest BCUT2D eigenvalue weighted by Crippen LogP contribution is 2.24. The van der Waals surface area contributed by atoms with Gasteiger partial charge < -0.3 is 0 Å². The monoisotopic (exact) mass is 323 g/mol. The summed E-state index contributed by atoms with van der Waals surface area (Å²) in [7, 11) is 0. The van der Waals surface area contributed by atoms with Gasteiger partial charge in [0.1, 0.15) is 5.00 Å². The average molecular weight is 323 g/mol. The molecule has 0 N–H and O–H groups in total. The van der Waals surface area contributed by atoms with Crippen molar-refractivity contribution in [3.8, 4) is 11.3 Å². The fourth-order valence-corrected chi connectivity index (χ4v) is 3.10. The second-order valence-corrected chi connectivity index (χ2v) is 6.00. The lowest BCUT2D eigenvalue weighted by atomic mass is 10.1. The van der Waals surface area contributed by atoms with Gasteiger partial charge in [0, 0.05) is 23.4 Å². The van der Waals surface area contributed by atoms with Crippen molar-refractivity contribution in [2.45, 2.75) is 13.8 Å². The summed E-state index contributed by atoms with van der Waals surface area (Å²) in [5.74, 6) is -0.0220. The predicted octanol–water partition coefficient (Wildman–Crippen LogP) is 4.18. The summed E-state index contributed by atoms with van der Waals surface area (Å²) in [5, 5.41) is 0.858. The fraction of sp³-hybridized carbons (Fsp3) is 0.167. The summed E-state index contributed by atoms with van der Waals surface area (Å²) in [6, 6.07) is 13.5. The molecule has 0 fully saturated rings. The Morgan fingerprint density at radius 1 is 1.22 bits per heavy atom. The van der Waals surface area contributed by atoms with Gasteiger partial charge in [-0.2, -0.15) is 0 Å². The van der Waals surface area contributed by atoms with Crippen LogP contribution in [0.25, 0.3) is 11.3 Å². The summed E-state index contributed by atoms with van der Waals surface area (Å²) in [4.78, 5) is 23.1. The molecule has 1 amide bonds. The number of benzene rings is 1. The molecule has 0 aliphatic rings. The highest BCUT2D eigenvalue weighted by atomic mass is 32.1. The average Bonchev–Trinajstić information content (AvgIpc) is 3.10. The molecule has 1 aromatic carbocycles. The second-order valence-electron chi connectivity index (χ2n) is 5.13. The van der Waals surface area contributed by atoms with Crippen LogP contribution in [0.15, 0.2) is 54.2 Å². The standard InChI is InChI=1S/C18H17N3OS/c1-3-21(17-11-19-12-23-17)18(22)15-8-5-7-14(10-15)16-9-4-6-13(2)20-16/h4-12H,3H2,1-2H3. The zero-order valence-corrected chi connectivity index (χ0v) is 13.9. The third-order valence-electron chi connectivity index (χ3n) is 3.54. The van der Waals surface area contributed by atoms with Crippen molar-refractivity contribution in [2.75, 3.05) is 11.4 Å². The van der Waals surface area contributed by atoms with Gasteiger partial charge in [0.05, 0.1) is 17.4 Å². The Balaban J connectivity index is 1.94. The van der Waals surface area contributed by atoms with Gasteiger partial charge >= 0.3 is 0 Å². The number of aryl methyl sites for hydroxylation is 1. The number of rotatable bonds is 4. The summed E-state index contributed by atoms with van der Waals surface area (Å²) in [6.07, 6.45) is 1.72. The highest BCUT2D eigenvalue weighted by Gasteiger charge is 2.17. The Bertz CT molecular complexity index is 815. The number of hydrogen-bond acceptors (Lipinski definition) is 4. The van der Waals surface area contributed by atoms with Crippen LogP contribution in [0.1, 0.15) is 23.0 Å². The normalized spacial score (nSPS) is 10.5. The van der Waals surface area contributed by atoms with Crippen molar-refractivity contribution < 1.29 is 4.79 Å². The number of carbonyl (C=O) groups is 1. The van der Waals surface area contributed by atoms with E-state index in [1.165, 1.54) is 11.3 Å². The lowest BCUT2D eigenvalue weighted by Crippen LogP contribution is -2.29. The molecule has 3 rings (SSSR count). The van der Waals surface area contributed by atoms with E-state index in [-0.39, 0.29) is 5.91 Å². The molecule has 23 heavy (non-hydrogen) atoms. The van der Waals surface area contributed by atoms with Crippen LogP contribution in [0, 0.1) is 6.92 Å². The quantitative estimate of drug-likeness (QED) is 0.723. The number of hydrogen-bond donors (Lipinski definition) is 0. The van der Waals surface area contributed by atoms with E-state index in [0.29, 0.717) is 12.1 Å². The number of thiazole rings is 1.